The van der Waals surface area contributed by atoms with Crippen molar-refractivity contribution in [3.63, 3.8) is 0 Å². The van der Waals surface area contributed by atoms with E-state index in [0.29, 0.717) is 11.8 Å². The van der Waals surface area contributed by atoms with Crippen molar-refractivity contribution in [2.24, 2.45) is 28.4 Å². The summed E-state index contributed by atoms with van der Waals surface area (Å²) in [7, 11) is 0. The van der Waals surface area contributed by atoms with Crippen LogP contribution in [0.15, 0.2) is 0 Å². The van der Waals surface area contributed by atoms with Crippen molar-refractivity contribution in [2.45, 2.75) is 47.0 Å². The van der Waals surface area contributed by atoms with E-state index in [1.807, 2.05) is 0 Å². The van der Waals surface area contributed by atoms with E-state index in [4.69, 9.17) is 5.73 Å². The summed E-state index contributed by atoms with van der Waals surface area (Å²) < 4.78 is 0. The quantitative estimate of drug-likeness (QED) is 0.732. The second-order valence-electron chi connectivity index (χ2n) is 6.24. The Morgan fingerprint density at radius 1 is 1.25 bits per heavy atom. The zero-order valence-electron chi connectivity index (χ0n) is 10.9. The molecule has 0 spiro atoms. The number of rotatable bonds is 6. The highest BCUT2D eigenvalue weighted by molar-refractivity contribution is 5.80. The molecule has 1 fully saturated rings. The predicted molar refractivity (Wildman–Crippen MR) is 65.1 cm³/mol. The van der Waals surface area contributed by atoms with Gasteiger partial charge in [-0.2, -0.15) is 0 Å². The number of hydrogen-bond acceptors (Lipinski definition) is 2. The molecule has 0 saturated heterocycles. The predicted octanol–water partition coefficient (Wildman–Crippen LogP) is 2.50. The lowest BCUT2D eigenvalue weighted by Crippen LogP contribution is -2.33. The Morgan fingerprint density at radius 2 is 1.69 bits per heavy atom. The Morgan fingerprint density at radius 3 is 1.88 bits per heavy atom. The average Bonchev–Trinajstić information content (AvgIpc) is 2.71. The minimum atomic E-state index is -0.698. The lowest BCUT2D eigenvalue weighted by atomic mass is 9.79. The lowest BCUT2D eigenvalue weighted by molar-refractivity contribution is -0.144. The van der Waals surface area contributed by atoms with E-state index in [1.165, 1.54) is 0 Å². The van der Waals surface area contributed by atoms with Gasteiger partial charge in [-0.05, 0) is 36.5 Å². The maximum Gasteiger partial charge on any atom is 0.311 e. The molecule has 94 valence electrons. The number of carboxylic acid groups (broad SMARTS) is 1. The topological polar surface area (TPSA) is 63.3 Å². The molecule has 0 aromatic heterocycles. The summed E-state index contributed by atoms with van der Waals surface area (Å²) in [6.45, 7) is 8.90. The molecule has 0 radical (unpaired) electrons. The smallest absolute Gasteiger partial charge is 0.311 e. The van der Waals surface area contributed by atoms with E-state index in [9.17, 15) is 9.90 Å². The summed E-state index contributed by atoms with van der Waals surface area (Å²) in [5.41, 5.74) is 5.03. The third-order valence-electron chi connectivity index (χ3n) is 3.89. The fraction of sp³-hybridized carbons (Fsp3) is 0.923. The van der Waals surface area contributed by atoms with E-state index in [2.05, 4.69) is 27.7 Å². The molecular formula is C13H25NO2. The summed E-state index contributed by atoms with van der Waals surface area (Å²) in [6.07, 6.45) is 2.73. The van der Waals surface area contributed by atoms with Crippen molar-refractivity contribution < 1.29 is 9.90 Å². The molecular weight excluding hydrogens is 202 g/mol. The molecule has 0 aromatic carbocycles. The Labute approximate surface area is 98.4 Å². The first-order valence-corrected chi connectivity index (χ1v) is 6.23. The average molecular weight is 227 g/mol. The van der Waals surface area contributed by atoms with Crippen LogP contribution in [0, 0.1) is 22.7 Å². The van der Waals surface area contributed by atoms with Crippen molar-refractivity contribution >= 4 is 5.97 Å². The van der Waals surface area contributed by atoms with Gasteiger partial charge in [0.15, 0.2) is 0 Å². The third kappa shape index (κ3) is 2.10. The molecule has 1 unspecified atom stereocenters. The van der Waals surface area contributed by atoms with Crippen LogP contribution >= 0.6 is 0 Å². The Bertz CT molecular complexity index is 263. The van der Waals surface area contributed by atoms with Gasteiger partial charge in [0.05, 0.1) is 5.41 Å². The zero-order valence-corrected chi connectivity index (χ0v) is 10.9. The van der Waals surface area contributed by atoms with Crippen LogP contribution in [0.4, 0.5) is 0 Å². The SMILES string of the molecule is CC(C)CC1(CC(C)C)CC1(CN)C(=O)O. The fourth-order valence-corrected chi connectivity index (χ4v) is 3.39. The standard InChI is InChI=1S/C13H25NO2/c1-9(2)5-12(6-10(3)4)7-13(12,8-14)11(15)16/h9-10H,5-8,14H2,1-4H3,(H,15,16). The number of hydrogen-bond donors (Lipinski definition) is 2. The highest BCUT2D eigenvalue weighted by atomic mass is 16.4. The second kappa shape index (κ2) is 4.36. The molecule has 3 N–H and O–H groups in total. The summed E-state index contributed by atoms with van der Waals surface area (Å²) in [6, 6.07) is 0. The first-order valence-electron chi connectivity index (χ1n) is 6.23. The molecule has 1 aliphatic carbocycles. The van der Waals surface area contributed by atoms with Gasteiger partial charge in [0, 0.05) is 6.54 Å². The number of aliphatic carboxylic acids is 1. The van der Waals surface area contributed by atoms with Gasteiger partial charge in [0.1, 0.15) is 0 Å². The highest BCUT2D eigenvalue weighted by Gasteiger charge is 2.70. The molecule has 0 bridgehead atoms. The van der Waals surface area contributed by atoms with Crippen LogP contribution in [-0.4, -0.2) is 17.6 Å². The van der Waals surface area contributed by atoms with Gasteiger partial charge >= 0.3 is 5.97 Å². The van der Waals surface area contributed by atoms with Gasteiger partial charge < -0.3 is 10.8 Å². The number of nitrogens with two attached hydrogens (primary N) is 1. The van der Waals surface area contributed by atoms with Crippen LogP contribution < -0.4 is 5.73 Å². The Hall–Kier alpha value is -0.570. The van der Waals surface area contributed by atoms with Gasteiger partial charge in [-0.3, -0.25) is 4.79 Å². The van der Waals surface area contributed by atoms with Gasteiger partial charge in [0.2, 0.25) is 0 Å². The highest BCUT2D eigenvalue weighted by Crippen LogP contribution is 2.69. The minimum absolute atomic E-state index is 0.0457. The van der Waals surface area contributed by atoms with Crippen molar-refractivity contribution in [2.75, 3.05) is 6.54 Å². The third-order valence-corrected chi connectivity index (χ3v) is 3.89. The second-order valence-corrected chi connectivity index (χ2v) is 6.24. The van der Waals surface area contributed by atoms with E-state index in [-0.39, 0.29) is 12.0 Å². The van der Waals surface area contributed by atoms with Crippen LogP contribution in [-0.2, 0) is 4.79 Å². The van der Waals surface area contributed by atoms with Crippen molar-refractivity contribution in [1.29, 1.82) is 0 Å². The Kier molecular flexibility index (Phi) is 3.68. The van der Waals surface area contributed by atoms with Crippen LogP contribution in [0.1, 0.15) is 47.0 Å². The maximum absolute atomic E-state index is 11.4. The largest absolute Gasteiger partial charge is 0.481 e. The summed E-state index contributed by atoms with van der Waals surface area (Å²) in [4.78, 5) is 11.4. The molecule has 3 nitrogen and oxygen atoms in total. The molecule has 1 aliphatic rings. The van der Waals surface area contributed by atoms with E-state index >= 15 is 0 Å². The normalized spacial score (nSPS) is 27.4. The molecule has 0 heterocycles. The van der Waals surface area contributed by atoms with Gasteiger partial charge in [-0.1, -0.05) is 27.7 Å². The van der Waals surface area contributed by atoms with Crippen LogP contribution in [0.5, 0.6) is 0 Å². The van der Waals surface area contributed by atoms with E-state index in [1.54, 1.807) is 0 Å². The molecule has 1 rings (SSSR count). The monoisotopic (exact) mass is 227 g/mol. The maximum atomic E-state index is 11.4. The van der Waals surface area contributed by atoms with E-state index < -0.39 is 11.4 Å². The molecule has 1 saturated carbocycles. The molecule has 0 aliphatic heterocycles. The van der Waals surface area contributed by atoms with E-state index in [0.717, 1.165) is 19.3 Å². The molecule has 0 aromatic rings. The zero-order chi connectivity index (χ0) is 12.6. The van der Waals surface area contributed by atoms with Crippen LogP contribution in [0.3, 0.4) is 0 Å². The molecule has 3 heteroatoms. The number of carbonyl (C=O) groups is 1. The minimum Gasteiger partial charge on any atom is -0.481 e. The molecule has 0 amide bonds. The first kappa shape index (κ1) is 13.5. The van der Waals surface area contributed by atoms with Crippen LogP contribution in [0.25, 0.3) is 0 Å². The van der Waals surface area contributed by atoms with Crippen molar-refractivity contribution in [1.82, 2.24) is 0 Å². The van der Waals surface area contributed by atoms with Gasteiger partial charge in [-0.15, -0.1) is 0 Å². The molecule has 1 atom stereocenters. The Balaban J connectivity index is 2.88. The summed E-state index contributed by atoms with van der Waals surface area (Å²) in [5.74, 6) is 0.370. The van der Waals surface area contributed by atoms with Crippen molar-refractivity contribution in [3.05, 3.63) is 0 Å². The van der Waals surface area contributed by atoms with Crippen LogP contribution in [0.2, 0.25) is 0 Å². The summed E-state index contributed by atoms with van der Waals surface area (Å²) in [5, 5.41) is 9.39. The summed E-state index contributed by atoms with van der Waals surface area (Å²) >= 11 is 0. The van der Waals surface area contributed by atoms with Gasteiger partial charge in [-0.25, -0.2) is 0 Å². The number of carboxylic acids is 1. The van der Waals surface area contributed by atoms with Crippen molar-refractivity contribution in [3.8, 4) is 0 Å². The molecule has 16 heavy (non-hydrogen) atoms. The first-order chi connectivity index (χ1) is 7.29. The van der Waals surface area contributed by atoms with Gasteiger partial charge in [0.25, 0.3) is 0 Å². The fourth-order valence-electron chi connectivity index (χ4n) is 3.39. The lowest BCUT2D eigenvalue weighted by Gasteiger charge is -2.25.